The summed E-state index contributed by atoms with van der Waals surface area (Å²) in [5, 5.41) is 0. The van der Waals surface area contributed by atoms with E-state index in [4.69, 9.17) is 4.74 Å². The second-order valence-electron chi connectivity index (χ2n) is 2.00. The molecule has 1 heterocycles. The Morgan fingerprint density at radius 3 is 2.92 bits per heavy atom. The molecule has 0 fully saturated rings. The molecule has 0 unspecified atom stereocenters. The molecule has 0 bridgehead atoms. The predicted octanol–water partition coefficient (Wildman–Crippen LogP) is 1.81. The average Bonchev–Trinajstić information content (AvgIpc) is 2.05. The Kier molecular flexibility index (Phi) is 2.90. The third-order valence-corrected chi connectivity index (χ3v) is 1.15. The van der Waals surface area contributed by atoms with Crippen LogP contribution >= 0.6 is 0 Å². The van der Waals surface area contributed by atoms with E-state index in [2.05, 4.69) is 9.97 Å². The van der Waals surface area contributed by atoms with Gasteiger partial charge in [-0.2, -0.15) is 4.98 Å². The number of alkyl halides is 2. The molecule has 0 N–H and O–H groups in total. The fraction of sp³-hybridized carbons (Fsp3) is 0.429. The summed E-state index contributed by atoms with van der Waals surface area (Å²) in [5.74, 6) is 0. The van der Waals surface area contributed by atoms with Gasteiger partial charge >= 0.3 is 6.01 Å². The third-order valence-electron chi connectivity index (χ3n) is 1.15. The van der Waals surface area contributed by atoms with Gasteiger partial charge in [0.2, 0.25) is 0 Å². The Hall–Kier alpha value is -1.26. The first-order valence-electron chi connectivity index (χ1n) is 3.48. The summed E-state index contributed by atoms with van der Waals surface area (Å²) in [4.78, 5) is 7.12. The highest BCUT2D eigenvalue weighted by atomic mass is 19.3. The van der Waals surface area contributed by atoms with E-state index < -0.39 is 6.43 Å². The van der Waals surface area contributed by atoms with Gasteiger partial charge in [-0.05, 0) is 13.0 Å². The van der Waals surface area contributed by atoms with Gasteiger partial charge in [-0.25, -0.2) is 13.8 Å². The van der Waals surface area contributed by atoms with Crippen LogP contribution < -0.4 is 4.74 Å². The van der Waals surface area contributed by atoms with Crippen molar-refractivity contribution in [3.63, 3.8) is 0 Å². The van der Waals surface area contributed by atoms with Crippen molar-refractivity contribution in [2.24, 2.45) is 0 Å². The zero-order chi connectivity index (χ0) is 8.97. The van der Waals surface area contributed by atoms with Crippen molar-refractivity contribution >= 4 is 0 Å². The highest BCUT2D eigenvalue weighted by molar-refractivity contribution is 5.06. The molecule has 0 saturated carbocycles. The zero-order valence-electron chi connectivity index (χ0n) is 6.50. The maximum atomic E-state index is 12.0. The molecule has 0 amide bonds. The number of rotatable bonds is 3. The minimum Gasteiger partial charge on any atom is -0.464 e. The first-order valence-corrected chi connectivity index (χ1v) is 3.48. The van der Waals surface area contributed by atoms with E-state index in [0.717, 1.165) is 6.07 Å². The monoisotopic (exact) mass is 174 g/mol. The van der Waals surface area contributed by atoms with Crippen molar-refractivity contribution in [2.45, 2.75) is 13.3 Å². The minimum atomic E-state index is -2.58. The molecule has 5 heteroatoms. The molecule has 0 radical (unpaired) electrons. The van der Waals surface area contributed by atoms with E-state index in [1.54, 1.807) is 6.92 Å². The Bertz CT molecular complexity index is 255. The predicted molar refractivity (Wildman–Crippen MR) is 38.2 cm³/mol. The fourth-order valence-electron chi connectivity index (χ4n) is 0.674. The highest BCUT2D eigenvalue weighted by Gasteiger charge is 2.09. The van der Waals surface area contributed by atoms with Crippen LogP contribution in [0.25, 0.3) is 0 Å². The van der Waals surface area contributed by atoms with Crippen molar-refractivity contribution in [3.8, 4) is 6.01 Å². The number of nitrogens with zero attached hydrogens (tertiary/aromatic N) is 2. The van der Waals surface area contributed by atoms with Crippen LogP contribution in [0, 0.1) is 0 Å². The number of halogens is 2. The standard InChI is InChI=1S/C7H8F2N2O/c1-2-12-7-10-4-3-5(11-7)6(8)9/h3-4,6H,2H2,1H3. The summed E-state index contributed by atoms with van der Waals surface area (Å²) in [5.41, 5.74) is -0.312. The fourth-order valence-corrected chi connectivity index (χ4v) is 0.674. The largest absolute Gasteiger partial charge is 0.464 e. The molecule has 0 spiro atoms. The summed E-state index contributed by atoms with van der Waals surface area (Å²) < 4.78 is 28.9. The lowest BCUT2D eigenvalue weighted by molar-refractivity contribution is 0.144. The van der Waals surface area contributed by atoms with E-state index >= 15 is 0 Å². The van der Waals surface area contributed by atoms with Crippen LogP contribution in [0.1, 0.15) is 19.0 Å². The smallest absolute Gasteiger partial charge is 0.316 e. The van der Waals surface area contributed by atoms with Gasteiger partial charge in [0.05, 0.1) is 6.61 Å². The third kappa shape index (κ3) is 2.11. The highest BCUT2D eigenvalue weighted by Crippen LogP contribution is 2.16. The Morgan fingerprint density at radius 1 is 1.58 bits per heavy atom. The molecule has 0 aliphatic rings. The van der Waals surface area contributed by atoms with Crippen molar-refractivity contribution < 1.29 is 13.5 Å². The minimum absolute atomic E-state index is 0.00435. The first-order chi connectivity index (χ1) is 5.74. The van der Waals surface area contributed by atoms with Crippen LogP contribution in [0.5, 0.6) is 6.01 Å². The first kappa shape index (κ1) is 8.83. The average molecular weight is 174 g/mol. The van der Waals surface area contributed by atoms with Gasteiger partial charge in [0.15, 0.2) is 0 Å². The Balaban J connectivity index is 2.81. The van der Waals surface area contributed by atoms with Crippen LogP contribution in [0.4, 0.5) is 8.78 Å². The molecule has 0 aromatic carbocycles. The normalized spacial score (nSPS) is 10.3. The van der Waals surface area contributed by atoms with Crippen LogP contribution in [0.15, 0.2) is 12.3 Å². The van der Waals surface area contributed by atoms with Gasteiger partial charge in [-0.1, -0.05) is 0 Å². The lowest BCUT2D eigenvalue weighted by atomic mass is 10.4. The maximum absolute atomic E-state index is 12.0. The topological polar surface area (TPSA) is 35.0 Å². The molecule has 3 nitrogen and oxygen atoms in total. The SMILES string of the molecule is CCOc1nccc(C(F)F)n1. The Labute approximate surface area is 68.4 Å². The summed E-state index contributed by atoms with van der Waals surface area (Å²) in [7, 11) is 0. The number of hydrogen-bond acceptors (Lipinski definition) is 3. The molecule has 1 aromatic heterocycles. The van der Waals surface area contributed by atoms with E-state index in [9.17, 15) is 8.78 Å². The summed E-state index contributed by atoms with van der Waals surface area (Å²) in [6, 6.07) is 1.16. The number of ether oxygens (including phenoxy) is 1. The number of hydrogen-bond donors (Lipinski definition) is 0. The van der Waals surface area contributed by atoms with Gasteiger partial charge < -0.3 is 4.74 Å². The van der Waals surface area contributed by atoms with Crippen LogP contribution in [-0.2, 0) is 0 Å². The lowest BCUT2D eigenvalue weighted by Gasteiger charge is -2.01. The molecule has 1 rings (SSSR count). The van der Waals surface area contributed by atoms with Crippen LogP contribution in [-0.4, -0.2) is 16.6 Å². The lowest BCUT2D eigenvalue weighted by Crippen LogP contribution is -1.99. The molecule has 0 aliphatic heterocycles. The second kappa shape index (κ2) is 3.94. The molecular weight excluding hydrogens is 166 g/mol. The van der Waals surface area contributed by atoms with E-state index in [0.29, 0.717) is 6.61 Å². The van der Waals surface area contributed by atoms with Gasteiger partial charge in [-0.15, -0.1) is 0 Å². The number of aromatic nitrogens is 2. The van der Waals surface area contributed by atoms with Gasteiger partial charge in [-0.3, -0.25) is 0 Å². The molecule has 1 aromatic rings. The molecule has 0 aliphatic carbocycles. The van der Waals surface area contributed by atoms with Crippen molar-refractivity contribution in [1.82, 2.24) is 9.97 Å². The van der Waals surface area contributed by atoms with E-state index in [1.807, 2.05) is 0 Å². The summed E-state index contributed by atoms with van der Waals surface area (Å²) in [6.07, 6.45) is -1.33. The van der Waals surface area contributed by atoms with E-state index in [1.165, 1.54) is 6.20 Å². The quantitative estimate of drug-likeness (QED) is 0.700. The van der Waals surface area contributed by atoms with Gasteiger partial charge in [0.25, 0.3) is 6.43 Å². The summed E-state index contributed by atoms with van der Waals surface area (Å²) >= 11 is 0. The summed E-state index contributed by atoms with van der Waals surface area (Å²) in [6.45, 7) is 2.10. The Morgan fingerprint density at radius 2 is 2.33 bits per heavy atom. The molecular formula is C7H8F2N2O. The molecule has 0 atom stereocenters. The van der Waals surface area contributed by atoms with Gasteiger partial charge in [0, 0.05) is 6.20 Å². The van der Waals surface area contributed by atoms with Crippen molar-refractivity contribution in [1.29, 1.82) is 0 Å². The van der Waals surface area contributed by atoms with Crippen LogP contribution in [0.3, 0.4) is 0 Å². The van der Waals surface area contributed by atoms with Crippen LogP contribution in [0.2, 0.25) is 0 Å². The van der Waals surface area contributed by atoms with Crippen molar-refractivity contribution in [2.75, 3.05) is 6.61 Å². The molecule has 66 valence electrons. The van der Waals surface area contributed by atoms with Gasteiger partial charge in [0.1, 0.15) is 5.69 Å². The van der Waals surface area contributed by atoms with Crippen molar-refractivity contribution in [3.05, 3.63) is 18.0 Å². The molecule has 0 saturated heterocycles. The van der Waals surface area contributed by atoms with E-state index in [-0.39, 0.29) is 11.7 Å². The zero-order valence-corrected chi connectivity index (χ0v) is 6.50. The maximum Gasteiger partial charge on any atom is 0.316 e. The second-order valence-corrected chi connectivity index (χ2v) is 2.00. The molecule has 12 heavy (non-hydrogen) atoms.